The maximum absolute atomic E-state index is 13.9. The summed E-state index contributed by atoms with van der Waals surface area (Å²) in [6, 6.07) is 14.9. The van der Waals surface area contributed by atoms with Crippen LogP contribution in [0.4, 0.5) is 0 Å². The monoisotopic (exact) mass is 526 g/mol. The highest BCUT2D eigenvalue weighted by Crippen LogP contribution is 2.27. The largest absolute Gasteiger partial charge is 0.423 e. The first kappa shape index (κ1) is 26.4. The molecule has 0 radical (unpaired) electrons. The van der Waals surface area contributed by atoms with Crippen molar-refractivity contribution in [2.24, 2.45) is 5.92 Å². The van der Waals surface area contributed by atoms with Crippen LogP contribution in [-0.2, 0) is 19.6 Å². The van der Waals surface area contributed by atoms with Crippen LogP contribution in [0, 0.1) is 12.8 Å². The fraction of sp³-hybridized carbons (Fsp3) is 0.355. The maximum atomic E-state index is 13.9. The van der Waals surface area contributed by atoms with Gasteiger partial charge in [-0.25, -0.2) is 14.6 Å². The number of nitrogens with zero attached hydrogens (tertiary/aromatic N) is 4. The molecular formula is C31H34N4O4. The summed E-state index contributed by atoms with van der Waals surface area (Å²) in [4.78, 5) is 44.9. The zero-order valence-corrected chi connectivity index (χ0v) is 23.1. The molecule has 0 spiro atoms. The molecule has 39 heavy (non-hydrogen) atoms. The van der Waals surface area contributed by atoms with Gasteiger partial charge in [0.25, 0.3) is 5.56 Å². The van der Waals surface area contributed by atoms with Crippen LogP contribution in [0.3, 0.4) is 0 Å². The van der Waals surface area contributed by atoms with Gasteiger partial charge in [0.2, 0.25) is 0 Å². The smallest absolute Gasteiger partial charge is 0.336 e. The molecule has 0 fully saturated rings. The lowest BCUT2D eigenvalue weighted by atomic mass is 9.95. The third kappa shape index (κ3) is 5.11. The Hall–Kier alpha value is -4.20. The molecule has 0 unspecified atom stereocenters. The van der Waals surface area contributed by atoms with Gasteiger partial charge in [-0.05, 0) is 59.6 Å². The van der Waals surface area contributed by atoms with Gasteiger partial charge < -0.3 is 8.98 Å². The number of aryl methyl sites for hydroxylation is 2. The first-order valence-electron chi connectivity index (χ1n) is 13.4. The number of hydrogen-bond donors (Lipinski definition) is 0. The molecule has 0 bridgehead atoms. The van der Waals surface area contributed by atoms with Gasteiger partial charge >= 0.3 is 11.3 Å². The van der Waals surface area contributed by atoms with Crippen LogP contribution in [0.5, 0.6) is 0 Å². The van der Waals surface area contributed by atoms with E-state index < -0.39 is 16.9 Å². The second kappa shape index (κ2) is 10.5. The molecule has 8 nitrogen and oxygen atoms in total. The Labute approximate surface area is 226 Å². The third-order valence-corrected chi connectivity index (χ3v) is 7.28. The summed E-state index contributed by atoms with van der Waals surface area (Å²) in [6.45, 7) is 11.3. The third-order valence-electron chi connectivity index (χ3n) is 7.28. The van der Waals surface area contributed by atoms with Gasteiger partial charge in [0, 0.05) is 18.0 Å². The second-order valence-corrected chi connectivity index (χ2v) is 11.0. The minimum absolute atomic E-state index is 0.0551. The Morgan fingerprint density at radius 2 is 1.67 bits per heavy atom. The summed E-state index contributed by atoms with van der Waals surface area (Å²) >= 11 is 0. The molecule has 0 aliphatic carbocycles. The summed E-state index contributed by atoms with van der Waals surface area (Å²) in [5, 5.41) is 0.721. The SMILES string of the molecule is Cc1cc2oc(=O)cc(Cn3c(=O)c4c(ncn4CCC(C)C)n(Cc4ccccc4)c3=O)c2cc1C(C)C. The van der Waals surface area contributed by atoms with Gasteiger partial charge in [0.15, 0.2) is 11.2 Å². The van der Waals surface area contributed by atoms with Crippen molar-refractivity contribution in [1.82, 2.24) is 18.7 Å². The first-order valence-corrected chi connectivity index (χ1v) is 13.4. The summed E-state index contributed by atoms with van der Waals surface area (Å²) in [6.07, 6.45) is 2.51. The highest BCUT2D eigenvalue weighted by atomic mass is 16.4. The summed E-state index contributed by atoms with van der Waals surface area (Å²) < 4.78 is 10.1. The zero-order chi connectivity index (χ0) is 27.8. The minimum atomic E-state index is -0.519. The molecule has 0 atom stereocenters. The predicted molar refractivity (Wildman–Crippen MR) is 154 cm³/mol. The number of benzene rings is 2. The van der Waals surface area contributed by atoms with E-state index in [0.29, 0.717) is 34.8 Å². The number of hydrogen-bond acceptors (Lipinski definition) is 5. The van der Waals surface area contributed by atoms with Crippen molar-refractivity contribution < 1.29 is 4.42 Å². The molecule has 202 valence electrons. The molecule has 0 aliphatic heterocycles. The number of rotatable bonds is 8. The van der Waals surface area contributed by atoms with Crippen LogP contribution in [0.25, 0.3) is 22.1 Å². The molecule has 5 rings (SSSR count). The lowest BCUT2D eigenvalue weighted by Crippen LogP contribution is -2.41. The molecule has 0 saturated heterocycles. The lowest BCUT2D eigenvalue weighted by molar-refractivity contribution is 0.520. The Morgan fingerprint density at radius 1 is 0.923 bits per heavy atom. The van der Waals surface area contributed by atoms with Crippen LogP contribution in [0.2, 0.25) is 0 Å². The van der Waals surface area contributed by atoms with Crippen molar-refractivity contribution in [2.75, 3.05) is 0 Å². The Bertz CT molecular complexity index is 1840. The standard InChI is InChI=1S/C31H34N4O4/c1-19(2)11-12-33-18-32-29-28(33)30(37)35(31(38)34(29)16-22-9-7-6-8-10-22)17-23-14-27(36)39-26-13-21(5)24(20(3)4)15-25(23)26/h6-10,13-15,18-20H,11-12,16-17H2,1-5H3. The van der Waals surface area contributed by atoms with E-state index in [1.54, 1.807) is 10.9 Å². The predicted octanol–water partition coefficient (Wildman–Crippen LogP) is 5.04. The molecular weight excluding hydrogens is 492 g/mol. The molecule has 3 heterocycles. The zero-order valence-electron chi connectivity index (χ0n) is 23.1. The second-order valence-electron chi connectivity index (χ2n) is 11.0. The first-order chi connectivity index (χ1) is 18.6. The molecule has 2 aromatic carbocycles. The van der Waals surface area contributed by atoms with Crippen LogP contribution in [0.15, 0.2) is 73.7 Å². The topological polar surface area (TPSA) is 92.0 Å². The van der Waals surface area contributed by atoms with E-state index in [0.717, 1.165) is 28.5 Å². The number of fused-ring (bicyclic) bond motifs is 2. The maximum Gasteiger partial charge on any atom is 0.336 e. The Balaban J connectivity index is 1.74. The summed E-state index contributed by atoms with van der Waals surface area (Å²) in [5.74, 6) is 0.695. The number of aromatic nitrogens is 4. The van der Waals surface area contributed by atoms with E-state index in [9.17, 15) is 14.4 Å². The molecule has 0 saturated carbocycles. The number of imidazole rings is 1. The highest BCUT2D eigenvalue weighted by molar-refractivity contribution is 5.82. The Kier molecular flexibility index (Phi) is 7.12. The lowest BCUT2D eigenvalue weighted by Gasteiger charge is -2.15. The van der Waals surface area contributed by atoms with Crippen LogP contribution < -0.4 is 16.9 Å². The van der Waals surface area contributed by atoms with E-state index in [1.807, 2.05) is 54.0 Å². The summed E-state index contributed by atoms with van der Waals surface area (Å²) in [7, 11) is 0. The van der Waals surface area contributed by atoms with Crippen molar-refractivity contribution in [1.29, 1.82) is 0 Å². The fourth-order valence-corrected chi connectivity index (χ4v) is 5.17. The molecule has 8 heteroatoms. The quantitative estimate of drug-likeness (QED) is 0.264. The molecule has 0 aliphatic rings. The molecule has 3 aromatic heterocycles. The normalized spacial score (nSPS) is 11.9. The van der Waals surface area contributed by atoms with Crippen molar-refractivity contribution in [3.63, 3.8) is 0 Å². The van der Waals surface area contributed by atoms with E-state index >= 15 is 0 Å². The van der Waals surface area contributed by atoms with Crippen molar-refractivity contribution in [3.8, 4) is 0 Å². The van der Waals surface area contributed by atoms with Gasteiger partial charge in [-0.2, -0.15) is 0 Å². The highest BCUT2D eigenvalue weighted by Gasteiger charge is 2.20. The van der Waals surface area contributed by atoms with E-state index in [-0.39, 0.29) is 19.0 Å². The minimum Gasteiger partial charge on any atom is -0.423 e. The van der Waals surface area contributed by atoms with Crippen LogP contribution >= 0.6 is 0 Å². The molecule has 0 N–H and O–H groups in total. The van der Waals surface area contributed by atoms with E-state index in [2.05, 4.69) is 32.7 Å². The van der Waals surface area contributed by atoms with Crippen LogP contribution in [0.1, 0.15) is 62.3 Å². The van der Waals surface area contributed by atoms with Crippen molar-refractivity contribution in [3.05, 3.63) is 108 Å². The van der Waals surface area contributed by atoms with Gasteiger partial charge in [-0.15, -0.1) is 0 Å². The molecule has 5 aromatic rings. The van der Waals surface area contributed by atoms with Gasteiger partial charge in [0.1, 0.15) is 5.58 Å². The average Bonchev–Trinajstić information content (AvgIpc) is 3.31. The van der Waals surface area contributed by atoms with Crippen molar-refractivity contribution in [2.45, 2.75) is 66.6 Å². The van der Waals surface area contributed by atoms with Gasteiger partial charge in [-0.3, -0.25) is 13.9 Å². The average molecular weight is 527 g/mol. The fourth-order valence-electron chi connectivity index (χ4n) is 5.17. The Morgan fingerprint density at radius 3 is 2.36 bits per heavy atom. The van der Waals surface area contributed by atoms with E-state index in [4.69, 9.17) is 4.42 Å². The van der Waals surface area contributed by atoms with Crippen LogP contribution in [-0.4, -0.2) is 18.7 Å². The van der Waals surface area contributed by atoms with Gasteiger partial charge in [0.05, 0.1) is 19.4 Å². The summed E-state index contributed by atoms with van der Waals surface area (Å²) in [5.41, 5.74) is 3.42. The van der Waals surface area contributed by atoms with E-state index in [1.165, 1.54) is 10.6 Å². The van der Waals surface area contributed by atoms with Gasteiger partial charge in [-0.1, -0.05) is 58.0 Å². The molecule has 0 amide bonds. The van der Waals surface area contributed by atoms with Crippen molar-refractivity contribution >= 4 is 22.1 Å².